The Bertz CT molecular complexity index is 1870. The lowest BCUT2D eigenvalue weighted by Crippen LogP contribution is -2.31. The number of carbonyl (C=O) groups excluding carboxylic acids is 3. The Morgan fingerprint density at radius 3 is 2.73 bits per heavy atom. The van der Waals surface area contributed by atoms with Crippen LogP contribution in [0.15, 0.2) is 48.8 Å². The minimum absolute atomic E-state index is 0.0189. The van der Waals surface area contributed by atoms with Gasteiger partial charge in [-0.2, -0.15) is 9.94 Å². The minimum Gasteiger partial charge on any atom is -0.467 e. The third-order valence-corrected chi connectivity index (χ3v) is 8.01. The number of hydrogen-bond acceptors (Lipinski definition) is 12. The molecular formula is C33H34ClN9O6. The zero-order valence-electron chi connectivity index (χ0n) is 26.8. The van der Waals surface area contributed by atoms with Crippen LogP contribution in [-0.4, -0.2) is 81.5 Å². The molecule has 0 radical (unpaired) electrons. The lowest BCUT2D eigenvalue weighted by Gasteiger charge is -2.22. The van der Waals surface area contributed by atoms with Crippen molar-refractivity contribution in [3.63, 3.8) is 0 Å². The maximum atomic E-state index is 13.3. The smallest absolute Gasteiger partial charge is 0.328 e. The number of hydrogen-bond donors (Lipinski definition) is 3. The van der Waals surface area contributed by atoms with Crippen molar-refractivity contribution in [1.82, 2.24) is 35.5 Å². The Morgan fingerprint density at radius 2 is 1.98 bits per heavy atom. The molecule has 1 aliphatic rings. The first-order valence-electron chi connectivity index (χ1n) is 15.4. The number of tetrazole rings is 1. The molecule has 3 heterocycles. The molecule has 0 saturated heterocycles. The number of aromatic amines is 1. The van der Waals surface area contributed by atoms with E-state index in [4.69, 9.17) is 25.8 Å². The first-order chi connectivity index (χ1) is 23.8. The second kappa shape index (κ2) is 16.5. The van der Waals surface area contributed by atoms with Gasteiger partial charge in [-0.25, -0.2) is 9.78 Å². The highest BCUT2D eigenvalue weighted by Crippen LogP contribution is 2.34. The Morgan fingerprint density at radius 1 is 1.14 bits per heavy atom. The van der Waals surface area contributed by atoms with Crippen molar-refractivity contribution in [3.8, 4) is 23.0 Å². The fraction of sp³-hybridized carbons (Fsp3) is 0.333. The molecule has 2 atom stereocenters. The number of amides is 1. The molecule has 0 spiro atoms. The van der Waals surface area contributed by atoms with E-state index in [0.717, 1.165) is 0 Å². The van der Waals surface area contributed by atoms with Crippen molar-refractivity contribution >= 4 is 41.2 Å². The molecule has 2 aromatic heterocycles. The van der Waals surface area contributed by atoms with Crippen molar-refractivity contribution < 1.29 is 28.6 Å². The van der Waals surface area contributed by atoms with E-state index in [1.807, 2.05) is 0 Å². The van der Waals surface area contributed by atoms with Gasteiger partial charge in [0, 0.05) is 35.0 Å². The van der Waals surface area contributed by atoms with E-state index >= 15 is 0 Å². The van der Waals surface area contributed by atoms with E-state index in [9.17, 15) is 19.6 Å². The number of rotatable bonds is 10. The highest BCUT2D eigenvalue weighted by atomic mass is 35.5. The number of H-pyrrole nitrogens is 1. The molecular weight excluding hydrogens is 654 g/mol. The average Bonchev–Trinajstić information content (AvgIpc) is 3.78. The number of aromatic nitrogens is 6. The zero-order chi connectivity index (χ0) is 34.8. The summed E-state index contributed by atoms with van der Waals surface area (Å²) in [5.74, 6) is -0.916. The maximum Gasteiger partial charge on any atom is 0.328 e. The molecule has 2 aromatic carbocycles. The summed E-state index contributed by atoms with van der Waals surface area (Å²) in [6.45, 7) is 0.404. The van der Waals surface area contributed by atoms with Gasteiger partial charge in [0.05, 0.1) is 37.6 Å². The van der Waals surface area contributed by atoms with Gasteiger partial charge in [0.2, 0.25) is 5.91 Å². The van der Waals surface area contributed by atoms with Gasteiger partial charge in [-0.1, -0.05) is 36.6 Å². The minimum atomic E-state index is -0.719. The number of imidazole rings is 1. The molecule has 254 valence electrons. The van der Waals surface area contributed by atoms with Crippen LogP contribution in [0.3, 0.4) is 0 Å². The van der Waals surface area contributed by atoms with Crippen molar-refractivity contribution in [2.24, 2.45) is 0 Å². The number of carbonyl (C=O) groups is 3. The quantitative estimate of drug-likeness (QED) is 0.124. The van der Waals surface area contributed by atoms with Crippen molar-refractivity contribution in [2.75, 3.05) is 32.8 Å². The molecule has 4 aromatic rings. The van der Waals surface area contributed by atoms with Gasteiger partial charge in [0.25, 0.3) is 0 Å². The number of halogens is 1. The monoisotopic (exact) mass is 687 g/mol. The molecule has 49 heavy (non-hydrogen) atoms. The van der Waals surface area contributed by atoms with Crippen LogP contribution in [-0.2, 0) is 35.0 Å². The van der Waals surface area contributed by atoms with E-state index in [0.29, 0.717) is 70.3 Å². The fourth-order valence-corrected chi connectivity index (χ4v) is 5.59. The largest absolute Gasteiger partial charge is 0.467 e. The first-order valence-corrected chi connectivity index (χ1v) is 15.8. The predicted molar refractivity (Wildman–Crippen MR) is 177 cm³/mol. The number of nitrogens with zero attached hydrogens (tertiary/aromatic N) is 6. The van der Waals surface area contributed by atoms with Crippen LogP contribution in [0.1, 0.15) is 54.4 Å². The molecule has 0 fully saturated rings. The maximum absolute atomic E-state index is 13.3. The van der Waals surface area contributed by atoms with Crippen LogP contribution in [0, 0.1) is 11.3 Å². The number of anilines is 1. The summed E-state index contributed by atoms with van der Waals surface area (Å²) in [5.41, 5.74) is 3.38. The van der Waals surface area contributed by atoms with Gasteiger partial charge in [-0.15, -0.1) is 5.10 Å². The molecule has 2 bridgehead atoms. The SMILES string of the molecule is COCCOC(=O)Cc1ccc2c(c1)N[C@@H](C(=O)OC)CCCC[C@H](NC(=O)/C=C/c1cc(Cl)ccc1-n1cnnn1)c1nc(C#N)c-2[nH]1. The summed E-state index contributed by atoms with van der Waals surface area (Å²) in [7, 11) is 2.83. The van der Waals surface area contributed by atoms with E-state index in [1.165, 1.54) is 31.3 Å². The van der Waals surface area contributed by atoms with Gasteiger partial charge in [-0.3, -0.25) is 9.59 Å². The number of benzene rings is 2. The molecule has 0 aliphatic carbocycles. The van der Waals surface area contributed by atoms with Crippen molar-refractivity contribution in [3.05, 3.63) is 76.5 Å². The molecule has 5 rings (SSSR count). The molecule has 1 aliphatic heterocycles. The van der Waals surface area contributed by atoms with E-state index in [-0.39, 0.29) is 25.3 Å². The van der Waals surface area contributed by atoms with Gasteiger partial charge in [0.15, 0.2) is 5.69 Å². The number of nitriles is 1. The standard InChI is InChI=1S/C33H34ClN9O6/c1-47-13-14-49-30(45)16-20-7-10-23-26(15-20)37-25(33(46)48-2)6-4-3-5-24(32-39-27(18-35)31(23)40-32)38-29(44)12-8-21-17-22(34)9-11-28(21)43-19-36-41-42-43/h7-12,15,17,19,24-25,37H,3-6,13-14,16H2,1-2H3,(H,38,44)(H,39,40)/b12-8+/t24-,25+/m0/s1. The van der Waals surface area contributed by atoms with Crippen molar-refractivity contribution in [1.29, 1.82) is 5.26 Å². The molecule has 16 heteroatoms. The van der Waals surface area contributed by atoms with Crippen LogP contribution in [0.4, 0.5) is 5.69 Å². The second-order valence-corrected chi connectivity index (χ2v) is 11.5. The molecule has 3 N–H and O–H groups in total. The summed E-state index contributed by atoms with van der Waals surface area (Å²) in [4.78, 5) is 46.4. The van der Waals surface area contributed by atoms with Gasteiger partial charge in [0.1, 0.15) is 30.9 Å². The van der Waals surface area contributed by atoms with E-state index in [1.54, 1.807) is 42.5 Å². The summed E-state index contributed by atoms with van der Waals surface area (Å²) < 4.78 is 16.7. The lowest BCUT2D eigenvalue weighted by atomic mass is 10.00. The summed E-state index contributed by atoms with van der Waals surface area (Å²) in [6.07, 6.45) is 6.50. The molecule has 0 unspecified atom stereocenters. The lowest BCUT2D eigenvalue weighted by molar-refractivity contribution is -0.144. The predicted octanol–water partition coefficient (Wildman–Crippen LogP) is 3.71. The van der Waals surface area contributed by atoms with Crippen LogP contribution >= 0.6 is 11.6 Å². The van der Waals surface area contributed by atoms with Crippen LogP contribution in [0.25, 0.3) is 23.0 Å². The first kappa shape index (κ1) is 34.7. The number of ether oxygens (including phenoxy) is 3. The number of methoxy groups -OCH3 is 2. The topological polar surface area (TPSA) is 199 Å². The highest BCUT2D eigenvalue weighted by molar-refractivity contribution is 6.30. The fourth-order valence-electron chi connectivity index (χ4n) is 5.41. The van der Waals surface area contributed by atoms with Gasteiger partial charge < -0.3 is 29.8 Å². The molecule has 15 nitrogen and oxygen atoms in total. The number of fused-ring (bicyclic) bond motifs is 4. The Labute approximate surface area is 286 Å². The van der Waals surface area contributed by atoms with Gasteiger partial charge in [-0.05, 0) is 59.2 Å². The zero-order valence-corrected chi connectivity index (χ0v) is 27.6. The third kappa shape index (κ3) is 8.86. The van der Waals surface area contributed by atoms with Crippen LogP contribution in [0.5, 0.6) is 0 Å². The van der Waals surface area contributed by atoms with Gasteiger partial charge >= 0.3 is 11.9 Å². The number of nitrogens with one attached hydrogen (secondary N) is 3. The molecule has 0 saturated carbocycles. The third-order valence-electron chi connectivity index (χ3n) is 7.78. The van der Waals surface area contributed by atoms with E-state index < -0.39 is 29.9 Å². The highest BCUT2D eigenvalue weighted by Gasteiger charge is 2.26. The average molecular weight is 688 g/mol. The van der Waals surface area contributed by atoms with Crippen molar-refractivity contribution in [2.45, 2.75) is 44.2 Å². The second-order valence-electron chi connectivity index (χ2n) is 11.1. The Balaban J connectivity index is 1.45. The Kier molecular flexibility index (Phi) is 11.7. The van der Waals surface area contributed by atoms with E-state index in [2.05, 4.69) is 42.2 Å². The Hall–Kier alpha value is -5.59. The summed E-state index contributed by atoms with van der Waals surface area (Å²) in [6, 6.07) is 11.2. The number of esters is 2. The molecule has 1 amide bonds. The summed E-state index contributed by atoms with van der Waals surface area (Å²) >= 11 is 6.23. The summed E-state index contributed by atoms with van der Waals surface area (Å²) in [5, 5.41) is 28.1. The normalized spacial score (nSPS) is 16.0. The van der Waals surface area contributed by atoms with Crippen LogP contribution < -0.4 is 10.6 Å². The van der Waals surface area contributed by atoms with Crippen LogP contribution in [0.2, 0.25) is 5.02 Å².